The number of hydrogen-bond acceptors (Lipinski definition) is 6. The highest BCUT2D eigenvalue weighted by Crippen LogP contribution is 2.18. The van der Waals surface area contributed by atoms with Crippen LogP contribution >= 0.6 is 11.3 Å². The molecule has 4 aromatic rings. The van der Waals surface area contributed by atoms with Crippen molar-refractivity contribution in [3.05, 3.63) is 93.6 Å². The lowest BCUT2D eigenvalue weighted by atomic mass is 10.1. The molecule has 2 heterocycles. The first-order valence-corrected chi connectivity index (χ1v) is 11.4. The van der Waals surface area contributed by atoms with Gasteiger partial charge >= 0.3 is 5.97 Å². The summed E-state index contributed by atoms with van der Waals surface area (Å²) in [5.41, 5.74) is 5.05. The smallest absolute Gasteiger partial charge is 0.331 e. The second-order valence-corrected chi connectivity index (χ2v) is 8.59. The third-order valence-electron chi connectivity index (χ3n) is 4.95. The standard InChI is InChI=1S/C26H23N3O3S/c1-17-7-8-18(2)23(13-17)29-24(30)14-25-28-21(16-33-25)15-32-26(31)12-11-20-10-9-19-5-3-4-6-22(19)27-20/h3-13,16H,14-15H2,1-2H3,(H,29,30)/b12-11+. The van der Waals surface area contributed by atoms with E-state index in [4.69, 9.17) is 4.74 Å². The number of ether oxygens (including phenoxy) is 1. The van der Waals surface area contributed by atoms with Crippen molar-refractivity contribution in [1.29, 1.82) is 0 Å². The number of rotatable bonds is 7. The fourth-order valence-electron chi connectivity index (χ4n) is 3.22. The van der Waals surface area contributed by atoms with Crippen molar-refractivity contribution in [1.82, 2.24) is 9.97 Å². The molecule has 0 unspecified atom stereocenters. The van der Waals surface area contributed by atoms with Crippen molar-refractivity contribution in [2.24, 2.45) is 0 Å². The maximum atomic E-state index is 12.4. The average Bonchev–Trinajstić information content (AvgIpc) is 3.25. The summed E-state index contributed by atoms with van der Waals surface area (Å²) in [5, 5.41) is 6.43. The average molecular weight is 458 g/mol. The molecule has 0 atom stereocenters. The topological polar surface area (TPSA) is 81.2 Å². The summed E-state index contributed by atoms with van der Waals surface area (Å²) < 4.78 is 5.27. The van der Waals surface area contributed by atoms with E-state index in [0.717, 1.165) is 27.7 Å². The zero-order valence-corrected chi connectivity index (χ0v) is 19.2. The molecule has 0 fully saturated rings. The minimum absolute atomic E-state index is 0.0451. The van der Waals surface area contributed by atoms with Gasteiger partial charge in [0.25, 0.3) is 0 Å². The molecular weight excluding hydrogens is 434 g/mol. The summed E-state index contributed by atoms with van der Waals surface area (Å²) in [6, 6.07) is 17.5. The van der Waals surface area contributed by atoms with Crippen LogP contribution in [0.3, 0.4) is 0 Å². The number of nitrogens with zero attached hydrogens (tertiary/aromatic N) is 2. The number of hydrogen-bond donors (Lipinski definition) is 1. The number of benzene rings is 2. The van der Waals surface area contributed by atoms with E-state index >= 15 is 0 Å². The number of esters is 1. The number of carbonyl (C=O) groups excluding carboxylic acids is 2. The van der Waals surface area contributed by atoms with E-state index in [2.05, 4.69) is 15.3 Å². The molecule has 0 bridgehead atoms. The Morgan fingerprint density at radius 1 is 1.06 bits per heavy atom. The highest BCUT2D eigenvalue weighted by Gasteiger charge is 2.11. The maximum absolute atomic E-state index is 12.4. The molecule has 0 spiro atoms. The Bertz CT molecular complexity index is 1340. The summed E-state index contributed by atoms with van der Waals surface area (Å²) in [6.07, 6.45) is 3.14. The van der Waals surface area contributed by atoms with Gasteiger partial charge in [-0.2, -0.15) is 0 Å². The first-order valence-electron chi connectivity index (χ1n) is 10.5. The number of anilines is 1. The normalized spacial score (nSPS) is 11.1. The fourth-order valence-corrected chi connectivity index (χ4v) is 4.00. The lowest BCUT2D eigenvalue weighted by Crippen LogP contribution is -2.15. The Morgan fingerprint density at radius 3 is 2.79 bits per heavy atom. The van der Waals surface area contributed by atoms with Crippen molar-refractivity contribution in [2.75, 3.05) is 5.32 Å². The number of carbonyl (C=O) groups is 2. The minimum atomic E-state index is -0.479. The fraction of sp³-hybridized carbons (Fsp3) is 0.154. The van der Waals surface area contributed by atoms with Gasteiger partial charge in [0.15, 0.2) is 0 Å². The molecule has 166 valence electrons. The number of aromatic nitrogens is 2. The quantitative estimate of drug-likeness (QED) is 0.303. The Kier molecular flexibility index (Phi) is 6.90. The van der Waals surface area contributed by atoms with E-state index in [9.17, 15) is 9.59 Å². The van der Waals surface area contributed by atoms with Gasteiger partial charge in [-0.05, 0) is 49.2 Å². The van der Waals surface area contributed by atoms with Crippen LogP contribution in [0, 0.1) is 13.8 Å². The van der Waals surface area contributed by atoms with Crippen molar-refractivity contribution in [2.45, 2.75) is 26.9 Å². The second kappa shape index (κ2) is 10.2. The molecule has 7 heteroatoms. The van der Waals surface area contributed by atoms with Gasteiger partial charge in [-0.3, -0.25) is 4.79 Å². The third kappa shape index (κ3) is 6.11. The number of fused-ring (bicyclic) bond motifs is 1. The van der Waals surface area contributed by atoms with E-state index in [-0.39, 0.29) is 18.9 Å². The Labute approximate surface area is 196 Å². The summed E-state index contributed by atoms with van der Waals surface area (Å²) in [4.78, 5) is 33.3. The highest BCUT2D eigenvalue weighted by molar-refractivity contribution is 7.09. The molecule has 0 aliphatic rings. The predicted octanol–water partition coefficient (Wildman–Crippen LogP) is 5.25. The van der Waals surface area contributed by atoms with Gasteiger partial charge in [-0.15, -0.1) is 11.3 Å². The number of para-hydroxylation sites is 1. The van der Waals surface area contributed by atoms with Gasteiger partial charge < -0.3 is 10.1 Å². The number of nitrogens with one attached hydrogen (secondary N) is 1. The maximum Gasteiger partial charge on any atom is 0.331 e. The molecule has 1 amide bonds. The zero-order chi connectivity index (χ0) is 23.2. The van der Waals surface area contributed by atoms with Gasteiger partial charge in [0.1, 0.15) is 11.6 Å². The van der Waals surface area contributed by atoms with Crippen molar-refractivity contribution >= 4 is 45.9 Å². The molecule has 0 saturated heterocycles. The Morgan fingerprint density at radius 2 is 1.91 bits per heavy atom. The first-order chi connectivity index (χ1) is 16.0. The molecular formula is C26H23N3O3S. The summed E-state index contributed by atoms with van der Waals surface area (Å²) in [6.45, 7) is 3.98. The van der Waals surface area contributed by atoms with Gasteiger partial charge in [0.05, 0.1) is 23.3 Å². The number of thiazole rings is 1. The Balaban J connectivity index is 1.28. The molecule has 33 heavy (non-hydrogen) atoms. The lowest BCUT2D eigenvalue weighted by Gasteiger charge is -2.08. The van der Waals surface area contributed by atoms with Crippen LogP contribution in [0.15, 0.2) is 66.1 Å². The van der Waals surface area contributed by atoms with E-state index in [0.29, 0.717) is 16.4 Å². The summed E-state index contributed by atoms with van der Waals surface area (Å²) in [5.74, 6) is -0.611. The molecule has 6 nitrogen and oxygen atoms in total. The van der Waals surface area contributed by atoms with Gasteiger partial charge in [0, 0.05) is 22.5 Å². The van der Waals surface area contributed by atoms with E-state index in [1.54, 1.807) is 11.5 Å². The van der Waals surface area contributed by atoms with Crippen LogP contribution in [0.5, 0.6) is 0 Å². The van der Waals surface area contributed by atoms with Crippen LogP contribution < -0.4 is 5.32 Å². The van der Waals surface area contributed by atoms with Crippen molar-refractivity contribution < 1.29 is 14.3 Å². The highest BCUT2D eigenvalue weighted by atomic mass is 32.1. The van der Waals surface area contributed by atoms with E-state index in [1.165, 1.54) is 17.4 Å². The summed E-state index contributed by atoms with van der Waals surface area (Å²) >= 11 is 1.37. The van der Waals surface area contributed by atoms with E-state index < -0.39 is 5.97 Å². The lowest BCUT2D eigenvalue weighted by molar-refractivity contribution is -0.139. The number of amides is 1. The molecule has 0 saturated carbocycles. The molecule has 0 aliphatic heterocycles. The van der Waals surface area contributed by atoms with Crippen molar-refractivity contribution in [3.63, 3.8) is 0 Å². The predicted molar refractivity (Wildman–Crippen MR) is 131 cm³/mol. The SMILES string of the molecule is Cc1ccc(C)c(NC(=O)Cc2nc(COC(=O)/C=C/c3ccc4ccccc4n3)cs2)c1. The molecule has 2 aromatic carbocycles. The zero-order valence-electron chi connectivity index (χ0n) is 18.4. The van der Waals surface area contributed by atoms with E-state index in [1.807, 2.05) is 68.4 Å². The van der Waals surface area contributed by atoms with Crippen LogP contribution in [-0.4, -0.2) is 21.8 Å². The van der Waals surface area contributed by atoms with Gasteiger partial charge in [-0.1, -0.05) is 36.4 Å². The van der Waals surface area contributed by atoms with Crippen LogP contribution in [-0.2, 0) is 27.4 Å². The summed E-state index contributed by atoms with van der Waals surface area (Å²) in [7, 11) is 0. The molecule has 0 aliphatic carbocycles. The van der Waals surface area contributed by atoms with Crippen LogP contribution in [0.25, 0.3) is 17.0 Å². The minimum Gasteiger partial charge on any atom is -0.456 e. The largest absolute Gasteiger partial charge is 0.456 e. The van der Waals surface area contributed by atoms with Crippen molar-refractivity contribution in [3.8, 4) is 0 Å². The van der Waals surface area contributed by atoms with Crippen LogP contribution in [0.2, 0.25) is 0 Å². The number of pyridine rings is 1. The van der Waals surface area contributed by atoms with Crippen LogP contribution in [0.4, 0.5) is 5.69 Å². The third-order valence-corrected chi connectivity index (χ3v) is 5.85. The van der Waals surface area contributed by atoms with Gasteiger partial charge in [-0.25, -0.2) is 14.8 Å². The Hall–Kier alpha value is -3.84. The van der Waals surface area contributed by atoms with Gasteiger partial charge in [0.2, 0.25) is 5.91 Å². The second-order valence-electron chi connectivity index (χ2n) is 7.65. The number of aryl methyl sites for hydroxylation is 2. The molecule has 2 aromatic heterocycles. The molecule has 1 N–H and O–H groups in total. The molecule has 0 radical (unpaired) electrons. The molecule has 4 rings (SSSR count). The van der Waals surface area contributed by atoms with Crippen LogP contribution in [0.1, 0.15) is 27.5 Å². The monoisotopic (exact) mass is 457 g/mol. The first kappa shape index (κ1) is 22.4.